The standard InChI is InChI=1S/C8H19NO2/c1-7(5-10-4)11-6-8(2,3)9/h7H,5-6,9H2,1-4H3. The van der Waals surface area contributed by atoms with Crippen molar-refractivity contribution < 1.29 is 9.47 Å². The molecule has 1 unspecified atom stereocenters. The lowest BCUT2D eigenvalue weighted by Crippen LogP contribution is -2.39. The highest BCUT2D eigenvalue weighted by Gasteiger charge is 2.12. The molecule has 0 radical (unpaired) electrons. The van der Waals surface area contributed by atoms with E-state index in [9.17, 15) is 0 Å². The predicted molar refractivity (Wildman–Crippen MR) is 45.6 cm³/mol. The second-order valence-electron chi connectivity index (χ2n) is 3.57. The Labute approximate surface area is 68.9 Å². The summed E-state index contributed by atoms with van der Waals surface area (Å²) in [7, 11) is 1.66. The molecule has 0 aromatic carbocycles. The van der Waals surface area contributed by atoms with Gasteiger partial charge in [-0.1, -0.05) is 0 Å². The van der Waals surface area contributed by atoms with E-state index in [1.54, 1.807) is 7.11 Å². The smallest absolute Gasteiger partial charge is 0.0781 e. The zero-order valence-corrected chi connectivity index (χ0v) is 7.89. The molecule has 68 valence electrons. The third kappa shape index (κ3) is 7.78. The molecule has 0 aromatic rings. The van der Waals surface area contributed by atoms with Crippen molar-refractivity contribution in [1.29, 1.82) is 0 Å². The molecule has 3 heteroatoms. The Morgan fingerprint density at radius 1 is 1.45 bits per heavy atom. The number of rotatable bonds is 5. The minimum atomic E-state index is -0.248. The molecule has 2 N–H and O–H groups in total. The van der Waals surface area contributed by atoms with E-state index in [-0.39, 0.29) is 11.6 Å². The van der Waals surface area contributed by atoms with E-state index in [0.29, 0.717) is 13.2 Å². The van der Waals surface area contributed by atoms with Crippen LogP contribution in [0.25, 0.3) is 0 Å². The molecule has 3 nitrogen and oxygen atoms in total. The van der Waals surface area contributed by atoms with Crippen LogP contribution in [-0.4, -0.2) is 32.0 Å². The lowest BCUT2D eigenvalue weighted by Gasteiger charge is -2.21. The third-order valence-electron chi connectivity index (χ3n) is 1.14. The molecule has 0 heterocycles. The van der Waals surface area contributed by atoms with Gasteiger partial charge in [-0.25, -0.2) is 0 Å². The van der Waals surface area contributed by atoms with Crippen LogP contribution in [0.3, 0.4) is 0 Å². The molecule has 0 amide bonds. The Kier molecular flexibility index (Phi) is 4.65. The SMILES string of the molecule is COCC(C)OCC(C)(C)N. The Hall–Kier alpha value is -0.120. The van der Waals surface area contributed by atoms with Gasteiger partial charge in [0.15, 0.2) is 0 Å². The van der Waals surface area contributed by atoms with Crippen molar-refractivity contribution in [1.82, 2.24) is 0 Å². The number of hydrogen-bond donors (Lipinski definition) is 1. The number of ether oxygens (including phenoxy) is 2. The van der Waals surface area contributed by atoms with Gasteiger partial charge in [-0.05, 0) is 20.8 Å². The van der Waals surface area contributed by atoms with Gasteiger partial charge in [-0.2, -0.15) is 0 Å². The highest BCUT2D eigenvalue weighted by molar-refractivity contribution is 4.70. The van der Waals surface area contributed by atoms with Crippen molar-refractivity contribution in [2.45, 2.75) is 32.4 Å². The number of nitrogens with two attached hydrogens (primary N) is 1. The average molecular weight is 161 g/mol. The zero-order valence-electron chi connectivity index (χ0n) is 7.89. The van der Waals surface area contributed by atoms with E-state index in [4.69, 9.17) is 15.2 Å². The molecule has 1 atom stereocenters. The molecule has 0 aliphatic rings. The van der Waals surface area contributed by atoms with Gasteiger partial charge in [0.2, 0.25) is 0 Å². The van der Waals surface area contributed by atoms with Crippen LogP contribution in [0, 0.1) is 0 Å². The minimum absolute atomic E-state index is 0.128. The summed E-state index contributed by atoms with van der Waals surface area (Å²) in [6, 6.07) is 0. The van der Waals surface area contributed by atoms with Crippen molar-refractivity contribution in [3.8, 4) is 0 Å². The Balaban J connectivity index is 3.38. The fourth-order valence-electron chi connectivity index (χ4n) is 0.640. The fraction of sp³-hybridized carbons (Fsp3) is 1.00. The van der Waals surface area contributed by atoms with Gasteiger partial charge in [0.05, 0.1) is 19.3 Å². The maximum absolute atomic E-state index is 5.71. The Morgan fingerprint density at radius 2 is 2.00 bits per heavy atom. The van der Waals surface area contributed by atoms with Gasteiger partial charge in [-0.3, -0.25) is 0 Å². The Bertz CT molecular complexity index is 98.8. The number of methoxy groups -OCH3 is 1. The summed E-state index contributed by atoms with van der Waals surface area (Å²) in [5.41, 5.74) is 5.47. The van der Waals surface area contributed by atoms with Crippen LogP contribution in [0.1, 0.15) is 20.8 Å². The van der Waals surface area contributed by atoms with Crippen LogP contribution in [-0.2, 0) is 9.47 Å². The lowest BCUT2D eigenvalue weighted by atomic mass is 10.1. The highest BCUT2D eigenvalue weighted by Crippen LogP contribution is 2.00. The molecule has 0 bridgehead atoms. The van der Waals surface area contributed by atoms with Crippen LogP contribution in [0.4, 0.5) is 0 Å². The normalized spacial score (nSPS) is 15.0. The van der Waals surface area contributed by atoms with Crippen LogP contribution < -0.4 is 5.73 Å². The molecular weight excluding hydrogens is 142 g/mol. The van der Waals surface area contributed by atoms with Gasteiger partial charge >= 0.3 is 0 Å². The second-order valence-corrected chi connectivity index (χ2v) is 3.57. The summed E-state index contributed by atoms with van der Waals surface area (Å²) in [5, 5.41) is 0. The van der Waals surface area contributed by atoms with E-state index in [1.165, 1.54) is 0 Å². The minimum Gasteiger partial charge on any atom is -0.382 e. The van der Waals surface area contributed by atoms with Gasteiger partial charge in [-0.15, -0.1) is 0 Å². The molecule has 0 saturated carbocycles. The van der Waals surface area contributed by atoms with E-state index in [1.807, 2.05) is 20.8 Å². The van der Waals surface area contributed by atoms with E-state index >= 15 is 0 Å². The van der Waals surface area contributed by atoms with Crippen molar-refractivity contribution in [2.24, 2.45) is 5.73 Å². The second kappa shape index (κ2) is 4.70. The third-order valence-corrected chi connectivity index (χ3v) is 1.14. The first kappa shape index (κ1) is 10.9. The first-order valence-corrected chi connectivity index (χ1v) is 3.85. The van der Waals surface area contributed by atoms with Gasteiger partial charge in [0, 0.05) is 12.6 Å². The molecule has 0 saturated heterocycles. The summed E-state index contributed by atoms with van der Waals surface area (Å²) < 4.78 is 10.3. The van der Waals surface area contributed by atoms with Crippen LogP contribution in [0.5, 0.6) is 0 Å². The summed E-state index contributed by atoms with van der Waals surface area (Å²) >= 11 is 0. The molecule has 0 aliphatic carbocycles. The largest absolute Gasteiger partial charge is 0.382 e. The lowest BCUT2D eigenvalue weighted by molar-refractivity contribution is -0.00741. The average Bonchev–Trinajstić information content (AvgIpc) is 1.83. The summed E-state index contributed by atoms with van der Waals surface area (Å²) in [4.78, 5) is 0. The highest BCUT2D eigenvalue weighted by atomic mass is 16.5. The predicted octanol–water partition coefficient (Wildman–Crippen LogP) is 0.775. The molecule has 0 aliphatic heterocycles. The Morgan fingerprint density at radius 3 is 2.36 bits per heavy atom. The topological polar surface area (TPSA) is 44.5 Å². The van der Waals surface area contributed by atoms with Crippen molar-refractivity contribution >= 4 is 0 Å². The van der Waals surface area contributed by atoms with E-state index in [0.717, 1.165) is 0 Å². The van der Waals surface area contributed by atoms with Gasteiger partial charge < -0.3 is 15.2 Å². The number of hydrogen-bond acceptors (Lipinski definition) is 3. The van der Waals surface area contributed by atoms with Crippen molar-refractivity contribution in [3.05, 3.63) is 0 Å². The van der Waals surface area contributed by atoms with Gasteiger partial charge in [0.1, 0.15) is 0 Å². The molecule has 11 heavy (non-hydrogen) atoms. The monoisotopic (exact) mass is 161 g/mol. The molecule has 0 fully saturated rings. The van der Waals surface area contributed by atoms with Gasteiger partial charge in [0.25, 0.3) is 0 Å². The fourth-order valence-corrected chi connectivity index (χ4v) is 0.640. The van der Waals surface area contributed by atoms with E-state index in [2.05, 4.69) is 0 Å². The van der Waals surface area contributed by atoms with Crippen LogP contribution in [0.2, 0.25) is 0 Å². The van der Waals surface area contributed by atoms with Crippen molar-refractivity contribution in [3.63, 3.8) is 0 Å². The maximum atomic E-state index is 5.71. The quantitative estimate of drug-likeness (QED) is 0.648. The van der Waals surface area contributed by atoms with Crippen LogP contribution >= 0.6 is 0 Å². The zero-order chi connectivity index (χ0) is 8.91. The maximum Gasteiger partial charge on any atom is 0.0781 e. The van der Waals surface area contributed by atoms with Crippen LogP contribution in [0.15, 0.2) is 0 Å². The van der Waals surface area contributed by atoms with E-state index < -0.39 is 0 Å². The molecule has 0 aromatic heterocycles. The summed E-state index contributed by atoms with van der Waals surface area (Å²) in [5.74, 6) is 0. The molecular formula is C8H19NO2. The summed E-state index contributed by atoms with van der Waals surface area (Å²) in [6.45, 7) is 7.03. The van der Waals surface area contributed by atoms with Crippen molar-refractivity contribution in [2.75, 3.05) is 20.3 Å². The first-order chi connectivity index (χ1) is 4.95. The molecule has 0 rings (SSSR count). The summed E-state index contributed by atoms with van der Waals surface area (Å²) in [6.07, 6.45) is 0.128. The molecule has 0 spiro atoms. The first-order valence-electron chi connectivity index (χ1n) is 3.85.